The maximum Gasteiger partial charge on any atom is 0.127 e. The van der Waals surface area contributed by atoms with Crippen LogP contribution in [0.2, 0.25) is 0 Å². The fraction of sp³-hybridized carbons (Fsp3) is 0.375. The SMILES string of the molecule is COCCOc1cccc2c(OCC3CO3)cccc12. The van der Waals surface area contributed by atoms with Crippen LogP contribution in [0.3, 0.4) is 0 Å². The first-order valence-corrected chi connectivity index (χ1v) is 6.76. The van der Waals surface area contributed by atoms with Crippen molar-refractivity contribution in [2.45, 2.75) is 6.10 Å². The lowest BCUT2D eigenvalue weighted by Crippen LogP contribution is -2.05. The van der Waals surface area contributed by atoms with E-state index < -0.39 is 0 Å². The van der Waals surface area contributed by atoms with E-state index in [1.165, 1.54) is 0 Å². The van der Waals surface area contributed by atoms with Gasteiger partial charge in [0, 0.05) is 17.9 Å². The zero-order valence-corrected chi connectivity index (χ0v) is 11.5. The Kier molecular flexibility index (Phi) is 4.04. The van der Waals surface area contributed by atoms with E-state index in [0.717, 1.165) is 28.9 Å². The molecule has 0 bridgehead atoms. The summed E-state index contributed by atoms with van der Waals surface area (Å²) >= 11 is 0. The van der Waals surface area contributed by atoms with Crippen LogP contribution in [-0.4, -0.2) is 39.6 Å². The van der Waals surface area contributed by atoms with Gasteiger partial charge in [-0.15, -0.1) is 0 Å². The molecule has 1 heterocycles. The van der Waals surface area contributed by atoms with Crippen molar-refractivity contribution in [1.29, 1.82) is 0 Å². The van der Waals surface area contributed by atoms with E-state index in [9.17, 15) is 0 Å². The molecule has 1 aliphatic heterocycles. The third-order valence-corrected chi connectivity index (χ3v) is 3.21. The van der Waals surface area contributed by atoms with Crippen molar-refractivity contribution in [3.8, 4) is 11.5 Å². The highest BCUT2D eigenvalue weighted by atomic mass is 16.6. The van der Waals surface area contributed by atoms with Crippen LogP contribution in [0, 0.1) is 0 Å². The Morgan fingerprint density at radius 3 is 2.25 bits per heavy atom. The summed E-state index contributed by atoms with van der Waals surface area (Å²) in [5, 5.41) is 2.11. The Labute approximate surface area is 118 Å². The zero-order valence-electron chi connectivity index (χ0n) is 11.5. The minimum atomic E-state index is 0.256. The van der Waals surface area contributed by atoms with Gasteiger partial charge in [0.25, 0.3) is 0 Å². The van der Waals surface area contributed by atoms with Crippen LogP contribution in [0.4, 0.5) is 0 Å². The minimum Gasteiger partial charge on any atom is -0.491 e. The maximum absolute atomic E-state index is 5.82. The molecule has 3 rings (SSSR count). The largest absolute Gasteiger partial charge is 0.491 e. The molecule has 0 aromatic heterocycles. The second-order valence-electron chi connectivity index (χ2n) is 4.72. The van der Waals surface area contributed by atoms with E-state index >= 15 is 0 Å². The first-order chi connectivity index (χ1) is 9.88. The molecule has 1 unspecified atom stereocenters. The quantitative estimate of drug-likeness (QED) is 0.575. The molecule has 20 heavy (non-hydrogen) atoms. The molecule has 0 N–H and O–H groups in total. The molecule has 4 heteroatoms. The van der Waals surface area contributed by atoms with Gasteiger partial charge in [-0.2, -0.15) is 0 Å². The van der Waals surface area contributed by atoms with Crippen molar-refractivity contribution >= 4 is 10.8 Å². The summed E-state index contributed by atoms with van der Waals surface area (Å²) < 4.78 is 21.7. The molecule has 1 aliphatic rings. The predicted molar refractivity (Wildman–Crippen MR) is 76.6 cm³/mol. The van der Waals surface area contributed by atoms with Gasteiger partial charge in [0.2, 0.25) is 0 Å². The molecule has 0 saturated carbocycles. The summed E-state index contributed by atoms with van der Waals surface area (Å²) in [7, 11) is 1.67. The van der Waals surface area contributed by atoms with Crippen LogP contribution in [0.5, 0.6) is 11.5 Å². The van der Waals surface area contributed by atoms with Crippen LogP contribution in [-0.2, 0) is 9.47 Å². The summed E-state index contributed by atoms with van der Waals surface area (Å²) in [6, 6.07) is 12.0. The summed E-state index contributed by atoms with van der Waals surface area (Å²) in [4.78, 5) is 0. The van der Waals surface area contributed by atoms with Gasteiger partial charge in [-0.25, -0.2) is 0 Å². The van der Waals surface area contributed by atoms with E-state index in [1.54, 1.807) is 7.11 Å². The molecule has 0 aliphatic carbocycles. The Morgan fingerprint density at radius 2 is 1.65 bits per heavy atom. The predicted octanol–water partition coefficient (Wildman–Crippen LogP) is 2.64. The lowest BCUT2D eigenvalue weighted by molar-refractivity contribution is 0.147. The summed E-state index contributed by atoms with van der Waals surface area (Å²) in [5.74, 6) is 1.72. The number of ether oxygens (including phenoxy) is 4. The van der Waals surface area contributed by atoms with Gasteiger partial charge in [-0.1, -0.05) is 24.3 Å². The average molecular weight is 274 g/mol. The fourth-order valence-corrected chi connectivity index (χ4v) is 2.09. The van der Waals surface area contributed by atoms with Gasteiger partial charge < -0.3 is 18.9 Å². The third kappa shape index (κ3) is 3.03. The number of benzene rings is 2. The number of hydrogen-bond donors (Lipinski definition) is 0. The standard InChI is InChI=1S/C16H18O4/c1-17-8-9-18-15-6-2-5-14-13(15)4-3-7-16(14)20-11-12-10-19-12/h2-7,12H,8-11H2,1H3. The number of epoxide rings is 1. The monoisotopic (exact) mass is 274 g/mol. The van der Waals surface area contributed by atoms with E-state index in [-0.39, 0.29) is 6.10 Å². The highest BCUT2D eigenvalue weighted by Crippen LogP contribution is 2.32. The van der Waals surface area contributed by atoms with Crippen molar-refractivity contribution in [2.75, 3.05) is 33.5 Å². The highest BCUT2D eigenvalue weighted by Gasteiger charge is 2.23. The van der Waals surface area contributed by atoms with E-state index in [4.69, 9.17) is 18.9 Å². The van der Waals surface area contributed by atoms with Gasteiger partial charge in [0.15, 0.2) is 0 Å². The van der Waals surface area contributed by atoms with Gasteiger partial charge in [-0.3, -0.25) is 0 Å². The van der Waals surface area contributed by atoms with Crippen LogP contribution >= 0.6 is 0 Å². The molecular formula is C16H18O4. The molecule has 1 saturated heterocycles. The molecule has 0 amide bonds. The van der Waals surface area contributed by atoms with Crippen LogP contribution in [0.15, 0.2) is 36.4 Å². The molecule has 0 radical (unpaired) electrons. The Morgan fingerprint density at radius 1 is 1.00 bits per heavy atom. The second kappa shape index (κ2) is 6.11. The second-order valence-corrected chi connectivity index (χ2v) is 4.72. The first-order valence-electron chi connectivity index (χ1n) is 6.76. The minimum absolute atomic E-state index is 0.256. The number of rotatable bonds is 7. The lowest BCUT2D eigenvalue weighted by atomic mass is 10.1. The molecule has 1 fully saturated rings. The van der Waals surface area contributed by atoms with E-state index in [0.29, 0.717) is 19.8 Å². The van der Waals surface area contributed by atoms with Gasteiger partial charge in [0.1, 0.15) is 30.8 Å². The third-order valence-electron chi connectivity index (χ3n) is 3.21. The van der Waals surface area contributed by atoms with E-state index in [1.807, 2.05) is 36.4 Å². The molecule has 1 atom stereocenters. The van der Waals surface area contributed by atoms with Crippen molar-refractivity contribution in [3.63, 3.8) is 0 Å². The van der Waals surface area contributed by atoms with E-state index in [2.05, 4.69) is 0 Å². The number of methoxy groups -OCH3 is 1. The van der Waals surface area contributed by atoms with Crippen molar-refractivity contribution in [3.05, 3.63) is 36.4 Å². The molecular weight excluding hydrogens is 256 g/mol. The summed E-state index contributed by atoms with van der Waals surface area (Å²) in [6.07, 6.45) is 0.256. The van der Waals surface area contributed by atoms with Crippen LogP contribution in [0.25, 0.3) is 10.8 Å². The Bertz CT molecular complexity index is 578. The van der Waals surface area contributed by atoms with Gasteiger partial charge in [0.05, 0.1) is 13.2 Å². The summed E-state index contributed by atoms with van der Waals surface area (Å²) in [6.45, 7) is 2.52. The molecule has 0 spiro atoms. The molecule has 2 aromatic rings. The fourth-order valence-electron chi connectivity index (χ4n) is 2.09. The molecule has 106 valence electrons. The van der Waals surface area contributed by atoms with Crippen molar-refractivity contribution in [1.82, 2.24) is 0 Å². The van der Waals surface area contributed by atoms with Crippen LogP contribution < -0.4 is 9.47 Å². The topological polar surface area (TPSA) is 40.2 Å². The molecule has 4 nitrogen and oxygen atoms in total. The smallest absolute Gasteiger partial charge is 0.127 e. The average Bonchev–Trinajstić information content (AvgIpc) is 3.30. The maximum atomic E-state index is 5.82. The molecule has 2 aromatic carbocycles. The Hall–Kier alpha value is -1.78. The van der Waals surface area contributed by atoms with Gasteiger partial charge in [-0.05, 0) is 12.1 Å². The summed E-state index contributed by atoms with van der Waals surface area (Å²) in [5.41, 5.74) is 0. The van der Waals surface area contributed by atoms with Crippen molar-refractivity contribution in [2.24, 2.45) is 0 Å². The Balaban J connectivity index is 1.83. The number of hydrogen-bond acceptors (Lipinski definition) is 4. The first kappa shape index (κ1) is 13.2. The van der Waals surface area contributed by atoms with Crippen LogP contribution in [0.1, 0.15) is 0 Å². The lowest BCUT2D eigenvalue weighted by Gasteiger charge is -2.12. The highest BCUT2D eigenvalue weighted by molar-refractivity contribution is 5.93. The normalized spacial score (nSPS) is 17.1. The van der Waals surface area contributed by atoms with Crippen molar-refractivity contribution < 1.29 is 18.9 Å². The zero-order chi connectivity index (χ0) is 13.8. The van der Waals surface area contributed by atoms with Gasteiger partial charge >= 0.3 is 0 Å². The number of fused-ring (bicyclic) bond motifs is 1.